The molecule has 0 atom stereocenters. The molecule has 0 heterocycles. The van der Waals surface area contributed by atoms with Crippen LogP contribution in [0.2, 0.25) is 0 Å². The summed E-state index contributed by atoms with van der Waals surface area (Å²) < 4.78 is 0. The van der Waals surface area contributed by atoms with Gasteiger partial charge in [-0.05, 0) is 34.7 Å². The molecule has 0 bridgehead atoms. The van der Waals surface area contributed by atoms with Crippen LogP contribution in [-0.2, 0) is 0 Å². The summed E-state index contributed by atoms with van der Waals surface area (Å²) >= 11 is 0. The third kappa shape index (κ3) is 2.12. The molecule has 0 aromatic rings. The van der Waals surface area contributed by atoms with Gasteiger partial charge in [0.1, 0.15) is 0 Å². The molecule has 0 aliphatic rings. The van der Waals surface area contributed by atoms with E-state index in [1.165, 1.54) is 0 Å². The van der Waals surface area contributed by atoms with E-state index in [1.54, 1.807) is 0 Å². The number of hydrogen-bond donors (Lipinski definition) is 0. The summed E-state index contributed by atoms with van der Waals surface area (Å²) in [5.74, 6) is 2.76. The molecule has 1 nitrogen and oxygen atoms in total. The van der Waals surface area contributed by atoms with Crippen LogP contribution in [0.5, 0.6) is 0 Å². The molecule has 0 saturated heterocycles. The summed E-state index contributed by atoms with van der Waals surface area (Å²) in [6.45, 7) is 12.0. The van der Waals surface area contributed by atoms with Crippen molar-refractivity contribution in [3.63, 3.8) is 0 Å². The number of likely N-dealkylation sites (N-methyl/N-ethyl adjacent to an activating group) is 1. The Hall–Kier alpha value is -0.740. The fourth-order valence-corrected chi connectivity index (χ4v) is 0.954. The highest BCUT2D eigenvalue weighted by atomic mass is 15.2. The predicted octanol–water partition coefficient (Wildman–Crippen LogP) is 2.29. The minimum atomic E-state index is -0.225. The van der Waals surface area contributed by atoms with Gasteiger partial charge in [0.2, 0.25) is 0 Å². The molecule has 68 valence electrons. The van der Waals surface area contributed by atoms with E-state index in [4.69, 9.17) is 6.42 Å². The molecule has 0 aliphatic carbocycles. The van der Waals surface area contributed by atoms with Crippen LogP contribution < -0.4 is 0 Å². The molecule has 0 radical (unpaired) electrons. The highest BCUT2D eigenvalue weighted by Gasteiger charge is 2.30. The van der Waals surface area contributed by atoms with E-state index in [0.717, 1.165) is 0 Å². The van der Waals surface area contributed by atoms with Crippen molar-refractivity contribution in [1.82, 2.24) is 4.90 Å². The standard InChI is InChI=1S/C11H19N/c1-8-10(3,4)12(7)11(5,6)9-2/h1,9H,2H2,3-7H3. The van der Waals surface area contributed by atoms with Gasteiger partial charge >= 0.3 is 0 Å². The Bertz CT molecular complexity index is 206. The number of nitrogens with zero attached hydrogens (tertiary/aromatic N) is 1. The second kappa shape index (κ2) is 3.33. The lowest BCUT2D eigenvalue weighted by Crippen LogP contribution is -2.51. The highest BCUT2D eigenvalue weighted by molar-refractivity contribution is 5.13. The van der Waals surface area contributed by atoms with Gasteiger partial charge < -0.3 is 0 Å². The van der Waals surface area contributed by atoms with Crippen molar-refractivity contribution in [2.45, 2.75) is 38.8 Å². The first-order chi connectivity index (χ1) is 5.28. The lowest BCUT2D eigenvalue weighted by Gasteiger charge is -2.41. The summed E-state index contributed by atoms with van der Waals surface area (Å²) in [4.78, 5) is 2.13. The van der Waals surface area contributed by atoms with Gasteiger partial charge in [0.15, 0.2) is 0 Å². The molecule has 0 saturated carbocycles. The fourth-order valence-electron chi connectivity index (χ4n) is 0.954. The monoisotopic (exact) mass is 165 g/mol. The first kappa shape index (κ1) is 11.3. The third-order valence-corrected chi connectivity index (χ3v) is 2.56. The first-order valence-corrected chi connectivity index (χ1v) is 4.13. The SMILES string of the molecule is C#CC(C)(C)N(C)C(C)(C)C=C. The average molecular weight is 165 g/mol. The summed E-state index contributed by atoms with van der Waals surface area (Å²) in [5.41, 5.74) is -0.284. The predicted molar refractivity (Wildman–Crippen MR) is 55.0 cm³/mol. The van der Waals surface area contributed by atoms with Crippen LogP contribution in [0.1, 0.15) is 27.7 Å². The van der Waals surface area contributed by atoms with Gasteiger partial charge in [-0.3, -0.25) is 4.90 Å². The summed E-state index contributed by atoms with van der Waals surface area (Å²) in [6.07, 6.45) is 7.34. The number of hydrogen-bond acceptors (Lipinski definition) is 1. The quantitative estimate of drug-likeness (QED) is 0.458. The first-order valence-electron chi connectivity index (χ1n) is 4.13. The Morgan fingerprint density at radius 3 is 2.00 bits per heavy atom. The van der Waals surface area contributed by atoms with Crippen molar-refractivity contribution in [3.05, 3.63) is 12.7 Å². The largest absolute Gasteiger partial charge is 0.282 e. The third-order valence-electron chi connectivity index (χ3n) is 2.56. The molecule has 0 amide bonds. The van der Waals surface area contributed by atoms with Gasteiger partial charge in [0, 0.05) is 5.54 Å². The zero-order valence-electron chi connectivity index (χ0n) is 8.81. The molecule has 0 unspecified atom stereocenters. The van der Waals surface area contributed by atoms with Crippen molar-refractivity contribution in [2.24, 2.45) is 0 Å². The smallest absolute Gasteiger partial charge is 0.0770 e. The summed E-state index contributed by atoms with van der Waals surface area (Å²) in [7, 11) is 2.02. The van der Waals surface area contributed by atoms with Crippen LogP contribution in [0.25, 0.3) is 0 Å². The Balaban J connectivity index is 4.73. The maximum absolute atomic E-state index is 5.43. The molecule has 0 rings (SSSR count). The van der Waals surface area contributed by atoms with E-state index >= 15 is 0 Å². The molecule has 0 fully saturated rings. The van der Waals surface area contributed by atoms with Crippen LogP contribution in [0.3, 0.4) is 0 Å². The Labute approximate surface area is 76.5 Å². The van der Waals surface area contributed by atoms with Crippen molar-refractivity contribution >= 4 is 0 Å². The van der Waals surface area contributed by atoms with Crippen LogP contribution in [0.15, 0.2) is 12.7 Å². The van der Waals surface area contributed by atoms with Crippen molar-refractivity contribution < 1.29 is 0 Å². The van der Waals surface area contributed by atoms with Gasteiger partial charge in [-0.15, -0.1) is 13.0 Å². The second-order valence-electron chi connectivity index (χ2n) is 4.12. The van der Waals surface area contributed by atoms with Gasteiger partial charge in [-0.1, -0.05) is 12.0 Å². The van der Waals surface area contributed by atoms with Crippen molar-refractivity contribution in [3.8, 4) is 12.3 Å². The second-order valence-corrected chi connectivity index (χ2v) is 4.12. The molecule has 1 heteroatoms. The van der Waals surface area contributed by atoms with Crippen LogP contribution in [0.4, 0.5) is 0 Å². The lowest BCUT2D eigenvalue weighted by molar-refractivity contribution is 0.117. The average Bonchev–Trinajstić information content (AvgIpc) is 2.03. The molecular weight excluding hydrogens is 146 g/mol. The molecular formula is C11H19N. The van der Waals surface area contributed by atoms with Gasteiger partial charge in [-0.2, -0.15) is 0 Å². The Morgan fingerprint density at radius 2 is 1.75 bits per heavy atom. The molecule has 12 heavy (non-hydrogen) atoms. The maximum atomic E-state index is 5.43. The topological polar surface area (TPSA) is 3.24 Å². The van der Waals surface area contributed by atoms with Gasteiger partial charge in [0.05, 0.1) is 5.54 Å². The van der Waals surface area contributed by atoms with Gasteiger partial charge in [0.25, 0.3) is 0 Å². The van der Waals surface area contributed by atoms with E-state index < -0.39 is 0 Å². The lowest BCUT2D eigenvalue weighted by atomic mass is 9.95. The fraction of sp³-hybridized carbons (Fsp3) is 0.636. The molecule has 0 aliphatic heterocycles. The normalized spacial score (nSPS) is 12.8. The molecule has 0 spiro atoms. The number of terminal acetylenes is 1. The van der Waals surface area contributed by atoms with E-state index in [1.807, 2.05) is 27.0 Å². The van der Waals surface area contributed by atoms with Crippen molar-refractivity contribution in [1.29, 1.82) is 0 Å². The van der Waals surface area contributed by atoms with E-state index in [2.05, 4.69) is 31.2 Å². The summed E-state index contributed by atoms with van der Waals surface area (Å²) in [6, 6.07) is 0. The summed E-state index contributed by atoms with van der Waals surface area (Å²) in [5, 5.41) is 0. The molecule has 0 N–H and O–H groups in total. The Kier molecular flexibility index (Phi) is 3.12. The van der Waals surface area contributed by atoms with Crippen molar-refractivity contribution in [2.75, 3.05) is 7.05 Å². The zero-order valence-corrected chi connectivity index (χ0v) is 8.81. The zero-order chi connectivity index (χ0) is 9.99. The van der Waals surface area contributed by atoms with Gasteiger partial charge in [-0.25, -0.2) is 0 Å². The minimum absolute atomic E-state index is 0.0597. The minimum Gasteiger partial charge on any atom is -0.282 e. The van der Waals surface area contributed by atoms with Crippen LogP contribution in [0, 0.1) is 12.3 Å². The maximum Gasteiger partial charge on any atom is 0.0770 e. The Morgan fingerprint density at radius 1 is 1.33 bits per heavy atom. The van der Waals surface area contributed by atoms with E-state index in [0.29, 0.717) is 0 Å². The highest BCUT2D eigenvalue weighted by Crippen LogP contribution is 2.22. The van der Waals surface area contributed by atoms with E-state index in [9.17, 15) is 0 Å². The van der Waals surface area contributed by atoms with Crippen LogP contribution >= 0.6 is 0 Å². The van der Waals surface area contributed by atoms with Crippen LogP contribution in [-0.4, -0.2) is 23.0 Å². The van der Waals surface area contributed by atoms with E-state index in [-0.39, 0.29) is 11.1 Å². The number of rotatable bonds is 3. The molecule has 0 aromatic heterocycles. The molecule has 0 aromatic carbocycles.